The number of allylic oxidation sites excluding steroid dienone is 1. The average molecular weight is 290 g/mol. The lowest BCUT2D eigenvalue weighted by Crippen LogP contribution is -2.16. The lowest BCUT2D eigenvalue weighted by molar-refractivity contribution is 0.0600. The molecule has 0 amide bonds. The van der Waals surface area contributed by atoms with Gasteiger partial charge in [-0.25, -0.2) is 13.2 Å². The van der Waals surface area contributed by atoms with Crippen LogP contribution in [-0.4, -0.2) is 27.2 Å². The quantitative estimate of drug-likeness (QED) is 0.584. The first-order chi connectivity index (χ1) is 9.34. The van der Waals surface area contributed by atoms with Crippen LogP contribution in [0.3, 0.4) is 0 Å². The van der Waals surface area contributed by atoms with Crippen molar-refractivity contribution in [1.29, 1.82) is 0 Å². The number of carbonyl (C=O) groups is 1. The van der Waals surface area contributed by atoms with E-state index in [1.54, 1.807) is 37.3 Å². The summed E-state index contributed by atoms with van der Waals surface area (Å²) in [5.74, 6) is 5.50. The van der Waals surface area contributed by atoms with Crippen LogP contribution >= 0.6 is 0 Å². The minimum atomic E-state index is -3.12. The van der Waals surface area contributed by atoms with E-state index in [1.807, 2.05) is 0 Å². The van der Waals surface area contributed by atoms with Gasteiger partial charge in [0.15, 0.2) is 9.84 Å². The Morgan fingerprint density at radius 2 is 1.95 bits per heavy atom. The Hall–Kier alpha value is -2.06. The fourth-order valence-electron chi connectivity index (χ4n) is 1.87. The number of methoxy groups -OCH3 is 1. The van der Waals surface area contributed by atoms with Crippen LogP contribution in [0.1, 0.15) is 22.8 Å². The van der Waals surface area contributed by atoms with E-state index in [1.165, 1.54) is 12.5 Å². The summed E-state index contributed by atoms with van der Waals surface area (Å²) in [6, 6.07) is 6.66. The van der Waals surface area contributed by atoms with Crippen LogP contribution in [0.2, 0.25) is 0 Å². The molecule has 0 aromatic heterocycles. The minimum Gasteiger partial charge on any atom is -0.465 e. The van der Waals surface area contributed by atoms with E-state index >= 15 is 0 Å². The van der Waals surface area contributed by atoms with Gasteiger partial charge in [-0.15, -0.1) is 0 Å². The molecule has 0 saturated carbocycles. The lowest BCUT2D eigenvalue weighted by Gasteiger charge is -2.10. The number of ether oxygens (including phenoxy) is 1. The zero-order valence-electron chi connectivity index (χ0n) is 11.2. The second-order valence-corrected chi connectivity index (χ2v) is 6.73. The number of carbonyl (C=O) groups excluding carboxylic acids is 1. The molecular formula is C15H14O4S. The van der Waals surface area contributed by atoms with E-state index in [2.05, 4.69) is 16.6 Å². The largest absolute Gasteiger partial charge is 0.465 e. The predicted octanol–water partition coefficient (Wildman–Crippen LogP) is 1.77. The summed E-state index contributed by atoms with van der Waals surface area (Å²) in [5.41, 5.74) is 0.518. The Bertz CT molecular complexity index is 717. The second-order valence-electron chi connectivity index (χ2n) is 4.85. The third-order valence-corrected chi connectivity index (χ3v) is 4.50. The molecule has 104 valence electrons. The van der Waals surface area contributed by atoms with Gasteiger partial charge in [-0.05, 0) is 31.2 Å². The summed E-state index contributed by atoms with van der Waals surface area (Å²) < 4.78 is 27.4. The summed E-state index contributed by atoms with van der Waals surface area (Å²) in [4.78, 5) is 11.3. The molecule has 1 aliphatic heterocycles. The van der Waals surface area contributed by atoms with Crippen LogP contribution in [0.4, 0.5) is 0 Å². The van der Waals surface area contributed by atoms with Gasteiger partial charge in [0.2, 0.25) is 0 Å². The van der Waals surface area contributed by atoms with Gasteiger partial charge in [0.05, 0.1) is 23.8 Å². The molecule has 1 unspecified atom stereocenters. The number of rotatable bonds is 1. The Labute approximate surface area is 118 Å². The third kappa shape index (κ3) is 3.28. The fraction of sp³-hybridized carbons (Fsp3) is 0.267. The molecule has 1 heterocycles. The normalized spacial score (nSPS) is 22.9. The predicted molar refractivity (Wildman–Crippen MR) is 75.7 cm³/mol. The highest BCUT2D eigenvalue weighted by molar-refractivity contribution is 7.94. The van der Waals surface area contributed by atoms with Crippen molar-refractivity contribution in [3.8, 4) is 11.8 Å². The first-order valence-electron chi connectivity index (χ1n) is 5.97. The Kier molecular flexibility index (Phi) is 3.69. The SMILES string of the molecule is COC(=O)c1ccc(C#CC2(C)C=CS(=O)(=O)C2)cc1. The van der Waals surface area contributed by atoms with Crippen LogP contribution in [-0.2, 0) is 14.6 Å². The minimum absolute atomic E-state index is 0.00719. The number of sulfone groups is 1. The Balaban J connectivity index is 2.18. The van der Waals surface area contributed by atoms with Crippen molar-refractivity contribution >= 4 is 15.8 Å². The highest BCUT2D eigenvalue weighted by atomic mass is 32.2. The van der Waals surface area contributed by atoms with Crippen molar-refractivity contribution in [2.24, 2.45) is 5.41 Å². The van der Waals surface area contributed by atoms with Crippen molar-refractivity contribution in [3.05, 3.63) is 46.9 Å². The standard InChI is InChI=1S/C15H14O4S/c1-15(9-10-20(17,18)11-15)8-7-12-3-5-13(6-4-12)14(16)19-2/h3-6,9-10H,11H2,1-2H3. The van der Waals surface area contributed by atoms with Gasteiger partial charge in [0.1, 0.15) is 0 Å². The van der Waals surface area contributed by atoms with Crippen LogP contribution in [0.25, 0.3) is 0 Å². The van der Waals surface area contributed by atoms with Crippen LogP contribution in [0.15, 0.2) is 35.7 Å². The number of hydrogen-bond acceptors (Lipinski definition) is 4. The summed E-state index contributed by atoms with van der Waals surface area (Å²) in [6.45, 7) is 1.78. The van der Waals surface area contributed by atoms with Crippen LogP contribution in [0, 0.1) is 17.3 Å². The van der Waals surface area contributed by atoms with E-state index < -0.39 is 21.2 Å². The van der Waals surface area contributed by atoms with Gasteiger partial charge in [0.25, 0.3) is 0 Å². The molecule has 1 atom stereocenters. The topological polar surface area (TPSA) is 60.4 Å². The molecule has 1 aliphatic rings. The highest BCUT2D eigenvalue weighted by Crippen LogP contribution is 2.27. The Morgan fingerprint density at radius 3 is 2.45 bits per heavy atom. The molecule has 0 aliphatic carbocycles. The van der Waals surface area contributed by atoms with Crippen LogP contribution < -0.4 is 0 Å². The molecule has 5 heteroatoms. The number of esters is 1. The van der Waals surface area contributed by atoms with Crippen molar-refractivity contribution < 1.29 is 17.9 Å². The van der Waals surface area contributed by atoms with Crippen molar-refractivity contribution in [2.45, 2.75) is 6.92 Å². The summed E-state index contributed by atoms with van der Waals surface area (Å²) in [6.07, 6.45) is 1.61. The van der Waals surface area contributed by atoms with E-state index in [0.29, 0.717) is 5.56 Å². The lowest BCUT2D eigenvalue weighted by atomic mass is 9.94. The van der Waals surface area contributed by atoms with Crippen LogP contribution in [0.5, 0.6) is 0 Å². The van der Waals surface area contributed by atoms with E-state index in [9.17, 15) is 13.2 Å². The zero-order valence-corrected chi connectivity index (χ0v) is 12.0. The molecule has 0 radical (unpaired) electrons. The molecular weight excluding hydrogens is 276 g/mol. The number of benzene rings is 1. The average Bonchev–Trinajstić information content (AvgIpc) is 2.71. The molecule has 0 saturated heterocycles. The van der Waals surface area contributed by atoms with E-state index in [0.717, 1.165) is 5.56 Å². The zero-order chi connectivity index (χ0) is 14.8. The monoisotopic (exact) mass is 290 g/mol. The summed E-state index contributed by atoms with van der Waals surface area (Å²) in [5, 5.41) is 1.21. The van der Waals surface area contributed by atoms with Gasteiger partial charge in [-0.3, -0.25) is 0 Å². The summed E-state index contributed by atoms with van der Waals surface area (Å²) >= 11 is 0. The smallest absolute Gasteiger partial charge is 0.337 e. The van der Waals surface area contributed by atoms with Gasteiger partial charge >= 0.3 is 5.97 Å². The molecule has 20 heavy (non-hydrogen) atoms. The molecule has 1 aromatic carbocycles. The molecule has 1 aromatic rings. The second kappa shape index (κ2) is 5.14. The van der Waals surface area contributed by atoms with Crippen molar-refractivity contribution in [3.63, 3.8) is 0 Å². The fourth-order valence-corrected chi connectivity index (χ4v) is 3.48. The van der Waals surface area contributed by atoms with Gasteiger partial charge in [0, 0.05) is 11.0 Å². The van der Waals surface area contributed by atoms with Gasteiger partial charge in [-0.2, -0.15) is 0 Å². The molecule has 0 bridgehead atoms. The third-order valence-electron chi connectivity index (χ3n) is 2.94. The Morgan fingerprint density at radius 1 is 1.30 bits per heavy atom. The molecule has 2 rings (SSSR count). The van der Waals surface area contributed by atoms with Crippen molar-refractivity contribution in [1.82, 2.24) is 0 Å². The highest BCUT2D eigenvalue weighted by Gasteiger charge is 2.31. The maximum Gasteiger partial charge on any atom is 0.337 e. The van der Waals surface area contributed by atoms with E-state index in [-0.39, 0.29) is 5.75 Å². The first-order valence-corrected chi connectivity index (χ1v) is 7.69. The molecule has 4 nitrogen and oxygen atoms in total. The van der Waals surface area contributed by atoms with Crippen molar-refractivity contribution in [2.75, 3.05) is 12.9 Å². The maximum atomic E-state index is 11.4. The summed E-state index contributed by atoms with van der Waals surface area (Å²) in [7, 11) is -1.80. The first kappa shape index (κ1) is 14.4. The van der Waals surface area contributed by atoms with Gasteiger partial charge in [-0.1, -0.05) is 17.9 Å². The maximum absolute atomic E-state index is 11.4. The van der Waals surface area contributed by atoms with Gasteiger partial charge < -0.3 is 4.74 Å². The molecule has 0 spiro atoms. The van der Waals surface area contributed by atoms with E-state index in [4.69, 9.17) is 0 Å². The molecule has 0 fully saturated rings. The number of hydrogen-bond donors (Lipinski definition) is 0. The molecule has 0 N–H and O–H groups in total.